The van der Waals surface area contributed by atoms with Crippen molar-refractivity contribution in [2.45, 2.75) is 38.9 Å². The maximum atomic E-state index is 14.2. The normalized spacial score (nSPS) is 18.8. The van der Waals surface area contributed by atoms with Gasteiger partial charge in [0.2, 0.25) is 11.9 Å². The van der Waals surface area contributed by atoms with Gasteiger partial charge in [-0.3, -0.25) is 10.1 Å². The molecule has 11 heteroatoms. The van der Waals surface area contributed by atoms with E-state index in [0.717, 1.165) is 24.1 Å². The SMILES string of the molecule is CC(C)c1cnn2c(NCc3cccc([N+](=O)[O-])c3)nc(NC[C@H]3CCNC[C@@H]3F)nc12. The Balaban J connectivity index is 1.58. The highest BCUT2D eigenvalue weighted by molar-refractivity contribution is 5.55. The number of hydrogen-bond acceptors (Lipinski definition) is 8. The molecule has 0 unspecified atom stereocenters. The Bertz CT molecular complexity index is 1100. The van der Waals surface area contributed by atoms with Crippen LogP contribution in [-0.2, 0) is 6.54 Å². The second-order valence-electron chi connectivity index (χ2n) is 8.29. The van der Waals surface area contributed by atoms with Gasteiger partial charge in [-0.05, 0) is 24.4 Å². The van der Waals surface area contributed by atoms with E-state index in [2.05, 4.69) is 44.9 Å². The lowest BCUT2D eigenvalue weighted by Gasteiger charge is -2.26. The number of nitro groups is 1. The number of non-ortho nitro benzene ring substituents is 1. The molecule has 0 aliphatic carbocycles. The van der Waals surface area contributed by atoms with Gasteiger partial charge >= 0.3 is 0 Å². The maximum Gasteiger partial charge on any atom is 0.269 e. The van der Waals surface area contributed by atoms with Crippen LogP contribution in [0.1, 0.15) is 37.3 Å². The molecule has 170 valence electrons. The van der Waals surface area contributed by atoms with Crippen molar-refractivity contribution in [1.29, 1.82) is 0 Å². The van der Waals surface area contributed by atoms with Crippen LogP contribution in [0, 0.1) is 16.0 Å². The van der Waals surface area contributed by atoms with Gasteiger partial charge in [0.05, 0.1) is 11.1 Å². The van der Waals surface area contributed by atoms with Crippen LogP contribution in [0.25, 0.3) is 5.65 Å². The molecule has 0 amide bonds. The summed E-state index contributed by atoms with van der Waals surface area (Å²) < 4.78 is 15.8. The van der Waals surface area contributed by atoms with E-state index in [1.165, 1.54) is 12.1 Å². The molecular weight excluding hydrogens is 415 g/mol. The van der Waals surface area contributed by atoms with Gasteiger partial charge in [0.15, 0.2) is 5.65 Å². The van der Waals surface area contributed by atoms with E-state index in [0.29, 0.717) is 37.2 Å². The fraction of sp³-hybridized carbons (Fsp3) is 0.476. The average molecular weight is 442 g/mol. The van der Waals surface area contributed by atoms with E-state index in [1.54, 1.807) is 22.8 Å². The summed E-state index contributed by atoms with van der Waals surface area (Å²) >= 11 is 0. The molecule has 1 saturated heterocycles. The molecule has 2 aromatic heterocycles. The number of rotatable bonds is 8. The van der Waals surface area contributed by atoms with Gasteiger partial charge in [-0.15, -0.1) is 0 Å². The van der Waals surface area contributed by atoms with Crippen LogP contribution in [-0.4, -0.2) is 50.3 Å². The van der Waals surface area contributed by atoms with Crippen molar-refractivity contribution in [2.24, 2.45) is 5.92 Å². The molecule has 3 aromatic rings. The highest BCUT2D eigenvalue weighted by Gasteiger charge is 2.25. The summed E-state index contributed by atoms with van der Waals surface area (Å²) in [6.45, 7) is 6.04. The van der Waals surface area contributed by atoms with Crippen LogP contribution in [0.4, 0.5) is 22.0 Å². The maximum absolute atomic E-state index is 14.2. The largest absolute Gasteiger partial charge is 0.354 e. The van der Waals surface area contributed by atoms with Crippen LogP contribution in [0.5, 0.6) is 0 Å². The highest BCUT2D eigenvalue weighted by atomic mass is 19.1. The summed E-state index contributed by atoms with van der Waals surface area (Å²) in [7, 11) is 0. The Labute approximate surface area is 184 Å². The molecule has 4 rings (SSSR count). The Hall–Kier alpha value is -3.34. The molecule has 2 atom stereocenters. The summed E-state index contributed by atoms with van der Waals surface area (Å²) in [5.74, 6) is 0.955. The zero-order chi connectivity index (χ0) is 22.7. The summed E-state index contributed by atoms with van der Waals surface area (Å²) in [6, 6.07) is 6.43. The van der Waals surface area contributed by atoms with Crippen LogP contribution < -0.4 is 16.0 Å². The second-order valence-corrected chi connectivity index (χ2v) is 8.29. The standard InChI is InChI=1S/C21H27FN8O2/c1-13(2)17-11-26-29-19(17)27-20(24-10-15-6-7-23-12-18(15)22)28-21(29)25-9-14-4-3-5-16(8-14)30(31)32/h3-5,8,11,13,15,18,23H,6-7,9-10,12H2,1-2H3,(H2,24,25,27,28)/t15-,18+/m1/s1. The van der Waals surface area contributed by atoms with E-state index in [-0.39, 0.29) is 17.5 Å². The Morgan fingerprint density at radius 1 is 1.34 bits per heavy atom. The first kappa shape index (κ1) is 21.9. The van der Waals surface area contributed by atoms with Crippen LogP contribution in [0.15, 0.2) is 30.5 Å². The van der Waals surface area contributed by atoms with Crippen molar-refractivity contribution in [1.82, 2.24) is 24.9 Å². The molecule has 3 heterocycles. The van der Waals surface area contributed by atoms with Crippen molar-refractivity contribution in [3.8, 4) is 0 Å². The third-order valence-electron chi connectivity index (χ3n) is 5.65. The topological polar surface area (TPSA) is 122 Å². The van der Waals surface area contributed by atoms with Crippen LogP contribution in [0.2, 0.25) is 0 Å². The first-order valence-corrected chi connectivity index (χ1v) is 10.7. The molecule has 0 bridgehead atoms. The van der Waals surface area contributed by atoms with Crippen molar-refractivity contribution in [3.05, 3.63) is 51.7 Å². The first-order valence-electron chi connectivity index (χ1n) is 10.7. The summed E-state index contributed by atoms with van der Waals surface area (Å²) in [4.78, 5) is 19.8. The average Bonchev–Trinajstić information content (AvgIpc) is 3.21. The van der Waals surface area contributed by atoms with Gasteiger partial charge in [0.25, 0.3) is 5.69 Å². The predicted octanol–water partition coefficient (Wildman–Crippen LogP) is 3.13. The lowest BCUT2D eigenvalue weighted by Crippen LogP contribution is -2.41. The number of nitrogens with zero attached hydrogens (tertiary/aromatic N) is 5. The van der Waals surface area contributed by atoms with E-state index in [9.17, 15) is 14.5 Å². The zero-order valence-corrected chi connectivity index (χ0v) is 18.1. The molecule has 1 aliphatic heterocycles. The molecule has 0 radical (unpaired) electrons. The summed E-state index contributed by atoms with van der Waals surface area (Å²) in [5.41, 5.74) is 2.41. The lowest BCUT2D eigenvalue weighted by atomic mass is 9.96. The molecule has 3 N–H and O–H groups in total. The van der Waals surface area contributed by atoms with E-state index >= 15 is 0 Å². The minimum atomic E-state index is -0.910. The number of benzene rings is 1. The molecule has 0 saturated carbocycles. The number of piperidine rings is 1. The molecule has 1 aliphatic rings. The molecule has 0 spiro atoms. The Morgan fingerprint density at radius 3 is 2.94 bits per heavy atom. The fourth-order valence-corrected chi connectivity index (χ4v) is 3.78. The van der Waals surface area contributed by atoms with Crippen molar-refractivity contribution < 1.29 is 9.31 Å². The summed E-state index contributed by atoms with van der Waals surface area (Å²) in [6.07, 6.45) is 1.60. The van der Waals surface area contributed by atoms with E-state index in [4.69, 9.17) is 0 Å². The van der Waals surface area contributed by atoms with Crippen molar-refractivity contribution >= 4 is 23.2 Å². The smallest absolute Gasteiger partial charge is 0.269 e. The van der Waals surface area contributed by atoms with Gasteiger partial charge < -0.3 is 16.0 Å². The number of alkyl halides is 1. The van der Waals surface area contributed by atoms with Gasteiger partial charge in [0, 0.05) is 43.2 Å². The first-order chi connectivity index (χ1) is 15.4. The molecule has 10 nitrogen and oxygen atoms in total. The van der Waals surface area contributed by atoms with Crippen molar-refractivity contribution in [2.75, 3.05) is 30.3 Å². The minimum absolute atomic E-state index is 0.0309. The van der Waals surface area contributed by atoms with Gasteiger partial charge in [-0.2, -0.15) is 19.6 Å². The minimum Gasteiger partial charge on any atom is -0.354 e. The number of hydrogen-bond donors (Lipinski definition) is 3. The molecule has 1 fully saturated rings. The molecule has 32 heavy (non-hydrogen) atoms. The van der Waals surface area contributed by atoms with E-state index < -0.39 is 11.1 Å². The molecule has 1 aromatic carbocycles. The molecular formula is C21H27FN8O2. The van der Waals surface area contributed by atoms with Gasteiger partial charge in [-0.1, -0.05) is 26.0 Å². The monoisotopic (exact) mass is 442 g/mol. The number of fused-ring (bicyclic) bond motifs is 1. The lowest BCUT2D eigenvalue weighted by molar-refractivity contribution is -0.384. The Kier molecular flexibility index (Phi) is 6.45. The predicted molar refractivity (Wildman–Crippen MR) is 120 cm³/mol. The number of nitrogens with one attached hydrogen (secondary N) is 3. The number of anilines is 2. The number of nitro benzene ring substituents is 1. The third-order valence-corrected chi connectivity index (χ3v) is 5.65. The van der Waals surface area contributed by atoms with Crippen LogP contribution >= 0.6 is 0 Å². The quantitative estimate of drug-likeness (QED) is 0.359. The Morgan fingerprint density at radius 2 is 2.19 bits per heavy atom. The number of aromatic nitrogens is 4. The van der Waals surface area contributed by atoms with Gasteiger partial charge in [0.1, 0.15) is 6.17 Å². The highest BCUT2D eigenvalue weighted by Crippen LogP contribution is 2.23. The number of halogens is 1. The third kappa shape index (κ3) is 4.77. The van der Waals surface area contributed by atoms with Gasteiger partial charge in [-0.25, -0.2) is 4.39 Å². The van der Waals surface area contributed by atoms with E-state index in [1.807, 2.05) is 0 Å². The zero-order valence-electron chi connectivity index (χ0n) is 18.1. The second kappa shape index (κ2) is 9.43. The van der Waals surface area contributed by atoms with Crippen LogP contribution in [0.3, 0.4) is 0 Å². The fourth-order valence-electron chi connectivity index (χ4n) is 3.78. The summed E-state index contributed by atoms with van der Waals surface area (Å²) in [5, 5.41) is 24.9. The van der Waals surface area contributed by atoms with Crippen molar-refractivity contribution in [3.63, 3.8) is 0 Å².